The zero-order valence-electron chi connectivity index (χ0n) is 8.87. The Morgan fingerprint density at radius 2 is 1.64 bits per heavy atom. The van der Waals surface area contributed by atoms with E-state index in [-0.39, 0.29) is 24.0 Å². The lowest BCUT2D eigenvalue weighted by atomic mass is 9.88. The van der Waals surface area contributed by atoms with Crippen molar-refractivity contribution >= 4 is 5.78 Å². The van der Waals surface area contributed by atoms with E-state index >= 15 is 0 Å². The van der Waals surface area contributed by atoms with Crippen molar-refractivity contribution in [3.8, 4) is 0 Å². The Balaban J connectivity index is 3.66. The lowest BCUT2D eigenvalue weighted by molar-refractivity contribution is -0.137. The fraction of sp³-hybridized carbons (Fsp3) is 0.900. The van der Waals surface area contributed by atoms with Crippen LogP contribution in [0.15, 0.2) is 0 Å². The number of ketones is 1. The van der Waals surface area contributed by atoms with Gasteiger partial charge in [0.25, 0.3) is 0 Å². The predicted octanol–water partition coefficient (Wildman–Crippen LogP) is 3.72. The zero-order chi connectivity index (χ0) is 11.4. The molecule has 0 atom stereocenters. The second-order valence-corrected chi connectivity index (χ2v) is 4.74. The van der Waals surface area contributed by atoms with Gasteiger partial charge in [0, 0.05) is 19.3 Å². The maximum absolute atomic E-state index is 11.7. The molecule has 0 bridgehead atoms. The van der Waals surface area contributed by atoms with E-state index < -0.39 is 12.6 Å². The molecule has 0 aromatic rings. The number of halogens is 3. The molecule has 0 aromatic heterocycles. The van der Waals surface area contributed by atoms with Gasteiger partial charge < -0.3 is 0 Å². The molecule has 0 aliphatic heterocycles. The van der Waals surface area contributed by atoms with Gasteiger partial charge in [-0.15, -0.1) is 0 Å². The summed E-state index contributed by atoms with van der Waals surface area (Å²) >= 11 is 0. The second kappa shape index (κ2) is 4.80. The molecule has 0 fully saturated rings. The average Bonchev–Trinajstić information content (AvgIpc) is 1.78. The highest BCUT2D eigenvalue weighted by Crippen LogP contribution is 2.24. The summed E-state index contributed by atoms with van der Waals surface area (Å²) in [5, 5.41) is 0. The van der Waals surface area contributed by atoms with Gasteiger partial charge in [-0.05, 0) is 11.8 Å². The summed E-state index contributed by atoms with van der Waals surface area (Å²) in [7, 11) is 0. The van der Waals surface area contributed by atoms with E-state index in [1.165, 1.54) is 0 Å². The fourth-order valence-corrected chi connectivity index (χ4v) is 1.17. The molecule has 0 N–H and O–H groups in total. The molecular formula is C10H17F3O. The number of hydrogen-bond donors (Lipinski definition) is 0. The zero-order valence-corrected chi connectivity index (χ0v) is 8.87. The Morgan fingerprint density at radius 3 is 2.00 bits per heavy atom. The van der Waals surface area contributed by atoms with Gasteiger partial charge in [-0.1, -0.05) is 20.8 Å². The molecule has 0 aliphatic carbocycles. The molecule has 84 valence electrons. The van der Waals surface area contributed by atoms with E-state index in [2.05, 4.69) is 0 Å². The predicted molar refractivity (Wildman–Crippen MR) is 49.0 cm³/mol. The molecule has 0 aromatic carbocycles. The molecule has 0 saturated heterocycles. The highest BCUT2D eigenvalue weighted by molar-refractivity contribution is 5.78. The van der Waals surface area contributed by atoms with Crippen LogP contribution in [0.25, 0.3) is 0 Å². The van der Waals surface area contributed by atoms with Crippen LogP contribution in [0, 0.1) is 5.41 Å². The molecule has 0 aliphatic rings. The van der Waals surface area contributed by atoms with Crippen LogP contribution in [0.3, 0.4) is 0 Å². The van der Waals surface area contributed by atoms with Crippen molar-refractivity contribution in [2.75, 3.05) is 0 Å². The van der Waals surface area contributed by atoms with Gasteiger partial charge in [0.2, 0.25) is 0 Å². The third-order valence-corrected chi connectivity index (χ3v) is 1.64. The SMILES string of the molecule is CC(C)(C)CC(=O)CCCC(F)(F)F. The van der Waals surface area contributed by atoms with Gasteiger partial charge in [0.05, 0.1) is 0 Å². The minimum atomic E-state index is -4.14. The van der Waals surface area contributed by atoms with Gasteiger partial charge in [-0.25, -0.2) is 0 Å². The summed E-state index contributed by atoms with van der Waals surface area (Å²) in [6, 6.07) is 0. The molecule has 0 rings (SSSR count). The Labute approximate surface area is 82.7 Å². The van der Waals surface area contributed by atoms with Crippen molar-refractivity contribution in [3.63, 3.8) is 0 Å². The minimum Gasteiger partial charge on any atom is -0.300 e. The number of rotatable bonds is 4. The van der Waals surface area contributed by atoms with E-state index in [9.17, 15) is 18.0 Å². The second-order valence-electron chi connectivity index (χ2n) is 4.74. The number of alkyl halides is 3. The third-order valence-electron chi connectivity index (χ3n) is 1.64. The van der Waals surface area contributed by atoms with Crippen LogP contribution in [0.1, 0.15) is 46.5 Å². The first-order valence-corrected chi connectivity index (χ1v) is 4.69. The minimum absolute atomic E-state index is 0.0385. The van der Waals surface area contributed by atoms with Crippen molar-refractivity contribution in [1.29, 1.82) is 0 Å². The maximum atomic E-state index is 11.7. The fourth-order valence-electron chi connectivity index (χ4n) is 1.17. The van der Waals surface area contributed by atoms with Gasteiger partial charge in [-0.2, -0.15) is 13.2 Å². The van der Waals surface area contributed by atoms with Crippen LogP contribution in [0.4, 0.5) is 13.2 Å². The number of carbonyl (C=O) groups excluding carboxylic acids is 1. The first-order valence-electron chi connectivity index (χ1n) is 4.69. The molecule has 0 unspecified atom stereocenters. The lowest BCUT2D eigenvalue weighted by Gasteiger charge is -2.16. The van der Waals surface area contributed by atoms with Crippen LogP contribution in [-0.4, -0.2) is 12.0 Å². The highest BCUT2D eigenvalue weighted by atomic mass is 19.4. The normalized spacial score (nSPS) is 13.0. The largest absolute Gasteiger partial charge is 0.389 e. The lowest BCUT2D eigenvalue weighted by Crippen LogP contribution is -2.14. The molecule has 1 nitrogen and oxygen atoms in total. The van der Waals surface area contributed by atoms with Crippen molar-refractivity contribution in [2.24, 2.45) is 5.41 Å². The summed E-state index contributed by atoms with van der Waals surface area (Å²) < 4.78 is 35.2. The van der Waals surface area contributed by atoms with Gasteiger partial charge in [0.15, 0.2) is 0 Å². The van der Waals surface area contributed by atoms with Crippen LogP contribution >= 0.6 is 0 Å². The van der Waals surface area contributed by atoms with Crippen LogP contribution < -0.4 is 0 Å². The standard InChI is InChI=1S/C10H17F3O/c1-9(2,3)7-8(14)5-4-6-10(11,12)13/h4-7H2,1-3H3. The van der Waals surface area contributed by atoms with E-state index in [1.807, 2.05) is 20.8 Å². The van der Waals surface area contributed by atoms with E-state index in [1.54, 1.807) is 0 Å². The number of carbonyl (C=O) groups is 1. The van der Waals surface area contributed by atoms with Crippen molar-refractivity contribution in [2.45, 2.75) is 52.6 Å². The topological polar surface area (TPSA) is 17.1 Å². The molecule has 0 spiro atoms. The Kier molecular flexibility index (Phi) is 4.62. The summed E-state index contributed by atoms with van der Waals surface area (Å²) in [5.74, 6) is -0.0817. The van der Waals surface area contributed by atoms with Crippen molar-refractivity contribution in [3.05, 3.63) is 0 Å². The smallest absolute Gasteiger partial charge is 0.300 e. The summed E-state index contributed by atoms with van der Waals surface area (Å²) in [6.07, 6.45) is -4.69. The molecule has 4 heteroatoms. The molecule has 14 heavy (non-hydrogen) atoms. The van der Waals surface area contributed by atoms with E-state index in [0.717, 1.165) is 0 Å². The van der Waals surface area contributed by atoms with Crippen molar-refractivity contribution in [1.82, 2.24) is 0 Å². The summed E-state index contributed by atoms with van der Waals surface area (Å²) in [4.78, 5) is 11.2. The van der Waals surface area contributed by atoms with E-state index in [0.29, 0.717) is 6.42 Å². The Morgan fingerprint density at radius 1 is 1.14 bits per heavy atom. The Hall–Kier alpha value is -0.540. The Bertz CT molecular complexity index is 189. The first-order chi connectivity index (χ1) is 6.10. The quantitative estimate of drug-likeness (QED) is 0.691. The number of Topliss-reactive ketones (excluding diaryl/α,β-unsaturated/α-hetero) is 1. The van der Waals surface area contributed by atoms with Gasteiger partial charge in [-0.3, -0.25) is 4.79 Å². The maximum Gasteiger partial charge on any atom is 0.389 e. The third kappa shape index (κ3) is 9.55. The average molecular weight is 210 g/mol. The van der Waals surface area contributed by atoms with E-state index in [4.69, 9.17) is 0 Å². The van der Waals surface area contributed by atoms with Crippen LogP contribution in [-0.2, 0) is 4.79 Å². The first kappa shape index (κ1) is 13.5. The molecule has 0 amide bonds. The van der Waals surface area contributed by atoms with Crippen LogP contribution in [0.5, 0.6) is 0 Å². The summed E-state index contributed by atoms with van der Waals surface area (Å²) in [6.45, 7) is 5.69. The molecule has 0 heterocycles. The monoisotopic (exact) mass is 210 g/mol. The molecule has 0 radical (unpaired) electrons. The van der Waals surface area contributed by atoms with Gasteiger partial charge in [0.1, 0.15) is 5.78 Å². The number of hydrogen-bond acceptors (Lipinski definition) is 1. The van der Waals surface area contributed by atoms with Crippen LogP contribution in [0.2, 0.25) is 0 Å². The van der Waals surface area contributed by atoms with Crippen molar-refractivity contribution < 1.29 is 18.0 Å². The highest BCUT2D eigenvalue weighted by Gasteiger charge is 2.26. The van der Waals surface area contributed by atoms with Gasteiger partial charge >= 0.3 is 6.18 Å². The molecular weight excluding hydrogens is 193 g/mol. The molecule has 0 saturated carbocycles. The summed E-state index contributed by atoms with van der Waals surface area (Å²) in [5.41, 5.74) is -0.130.